The Balaban J connectivity index is 2.78. The zero-order chi connectivity index (χ0) is 13.6. The summed E-state index contributed by atoms with van der Waals surface area (Å²) < 4.78 is 62.2. The minimum Gasteiger partial charge on any atom is -0.312 e. The molecule has 0 saturated heterocycles. The van der Waals surface area contributed by atoms with E-state index < -0.39 is 26.5 Å². The normalized spacial score (nSPS) is 16.4. The summed E-state index contributed by atoms with van der Waals surface area (Å²) in [4.78, 5) is -0.641. The fourth-order valence-electron chi connectivity index (χ4n) is 2.16. The van der Waals surface area contributed by atoms with Crippen LogP contribution in [0, 0.1) is 0 Å². The van der Waals surface area contributed by atoms with Crippen molar-refractivity contribution in [1.82, 2.24) is 5.32 Å². The molecule has 1 aromatic carbocycles. The largest absolute Gasteiger partial charge is 0.417 e. The van der Waals surface area contributed by atoms with Gasteiger partial charge in [0.15, 0.2) is 9.84 Å². The number of nitrogens with one attached hydrogen (secondary N) is 1. The summed E-state index contributed by atoms with van der Waals surface area (Å²) >= 11 is 0. The number of hydrogen-bond donors (Lipinski definition) is 1. The lowest BCUT2D eigenvalue weighted by Gasteiger charge is -2.23. The van der Waals surface area contributed by atoms with E-state index in [2.05, 4.69) is 5.32 Å². The van der Waals surface area contributed by atoms with Gasteiger partial charge in [-0.25, -0.2) is 8.42 Å². The minimum absolute atomic E-state index is 0.0491. The number of fused-ring (bicyclic) bond motifs is 1. The number of halogens is 3. The van der Waals surface area contributed by atoms with Gasteiger partial charge < -0.3 is 5.32 Å². The standard InChI is InChI=1S/C11H12F3NO2S/c1-18(16,17)9-3-2-7-4-5-15-6-8(7)10(9)11(12,13)14/h2-3,15H,4-6H2,1H3. The van der Waals surface area contributed by atoms with Crippen molar-refractivity contribution in [3.8, 4) is 0 Å². The Bertz CT molecular complexity index is 579. The summed E-state index contributed by atoms with van der Waals surface area (Å²) in [5, 5.41) is 2.84. The van der Waals surface area contributed by atoms with E-state index >= 15 is 0 Å². The molecule has 0 saturated carbocycles. The summed E-state index contributed by atoms with van der Waals surface area (Å²) in [6, 6.07) is 2.53. The van der Waals surface area contributed by atoms with E-state index in [1.54, 1.807) is 0 Å². The first-order valence-corrected chi connectivity index (χ1v) is 7.23. The van der Waals surface area contributed by atoms with Crippen molar-refractivity contribution in [2.75, 3.05) is 12.8 Å². The Kier molecular flexibility index (Phi) is 3.14. The topological polar surface area (TPSA) is 46.2 Å². The van der Waals surface area contributed by atoms with Gasteiger partial charge in [0.25, 0.3) is 0 Å². The van der Waals surface area contributed by atoms with Crippen molar-refractivity contribution < 1.29 is 21.6 Å². The van der Waals surface area contributed by atoms with Gasteiger partial charge in [0.05, 0.1) is 10.5 Å². The second-order valence-corrected chi connectivity index (χ2v) is 6.26. The van der Waals surface area contributed by atoms with Gasteiger partial charge in [-0.05, 0) is 30.2 Å². The molecule has 0 aromatic heterocycles. The number of hydrogen-bond acceptors (Lipinski definition) is 3. The van der Waals surface area contributed by atoms with Gasteiger partial charge in [0.2, 0.25) is 0 Å². The van der Waals surface area contributed by atoms with Gasteiger partial charge in [-0.2, -0.15) is 13.2 Å². The third-order valence-electron chi connectivity index (χ3n) is 2.93. The Morgan fingerprint density at radius 2 is 1.94 bits per heavy atom. The number of sulfone groups is 1. The Morgan fingerprint density at radius 3 is 2.50 bits per heavy atom. The van der Waals surface area contributed by atoms with Crippen LogP contribution in [0.3, 0.4) is 0 Å². The Morgan fingerprint density at radius 1 is 1.28 bits per heavy atom. The first-order chi connectivity index (χ1) is 8.21. The molecule has 18 heavy (non-hydrogen) atoms. The molecular weight excluding hydrogens is 267 g/mol. The molecule has 0 bridgehead atoms. The third kappa shape index (κ3) is 2.37. The quantitative estimate of drug-likeness (QED) is 0.852. The highest BCUT2D eigenvalue weighted by Crippen LogP contribution is 2.38. The molecule has 0 radical (unpaired) electrons. The van der Waals surface area contributed by atoms with E-state index in [1.165, 1.54) is 6.07 Å². The predicted molar refractivity (Wildman–Crippen MR) is 60.0 cm³/mol. The monoisotopic (exact) mass is 279 g/mol. The maximum Gasteiger partial charge on any atom is 0.417 e. The van der Waals surface area contributed by atoms with Crippen molar-refractivity contribution in [3.05, 3.63) is 28.8 Å². The van der Waals surface area contributed by atoms with E-state index in [0.717, 1.165) is 12.3 Å². The molecule has 0 spiro atoms. The summed E-state index contributed by atoms with van der Waals surface area (Å²) in [5.41, 5.74) is -0.403. The summed E-state index contributed by atoms with van der Waals surface area (Å²) in [7, 11) is -3.90. The molecule has 1 heterocycles. The van der Waals surface area contributed by atoms with Gasteiger partial charge in [0.1, 0.15) is 0 Å². The lowest BCUT2D eigenvalue weighted by atomic mass is 9.95. The molecule has 1 aromatic rings. The maximum absolute atomic E-state index is 13.1. The number of rotatable bonds is 1. The smallest absolute Gasteiger partial charge is 0.312 e. The summed E-state index contributed by atoms with van der Waals surface area (Å²) in [6.07, 6.45) is -3.40. The molecule has 0 amide bonds. The molecule has 100 valence electrons. The van der Waals surface area contributed by atoms with E-state index in [-0.39, 0.29) is 12.1 Å². The van der Waals surface area contributed by atoms with Gasteiger partial charge in [0, 0.05) is 12.8 Å². The molecule has 0 fully saturated rings. The van der Waals surface area contributed by atoms with Crippen molar-refractivity contribution >= 4 is 9.84 Å². The van der Waals surface area contributed by atoms with E-state index in [4.69, 9.17) is 0 Å². The summed E-state index contributed by atoms with van der Waals surface area (Å²) in [6.45, 7) is 0.649. The van der Waals surface area contributed by atoms with Crippen LogP contribution in [-0.4, -0.2) is 21.2 Å². The SMILES string of the molecule is CS(=O)(=O)c1ccc2c(c1C(F)(F)F)CNCC2. The first-order valence-electron chi connectivity index (χ1n) is 5.34. The molecule has 7 heteroatoms. The Hall–Kier alpha value is -1.08. The third-order valence-corrected chi connectivity index (χ3v) is 4.07. The van der Waals surface area contributed by atoms with Crippen LogP contribution < -0.4 is 5.32 Å². The fraction of sp³-hybridized carbons (Fsp3) is 0.455. The van der Waals surface area contributed by atoms with E-state index in [1.807, 2.05) is 0 Å². The van der Waals surface area contributed by atoms with Crippen LogP contribution >= 0.6 is 0 Å². The second-order valence-electron chi connectivity index (χ2n) is 4.27. The summed E-state index contributed by atoms with van der Waals surface area (Å²) in [5.74, 6) is 0. The van der Waals surface area contributed by atoms with Crippen molar-refractivity contribution in [2.24, 2.45) is 0 Å². The molecule has 1 N–H and O–H groups in total. The minimum atomic E-state index is -4.66. The average molecular weight is 279 g/mol. The van der Waals surface area contributed by atoms with Crippen LogP contribution in [0.25, 0.3) is 0 Å². The highest BCUT2D eigenvalue weighted by Gasteiger charge is 2.39. The van der Waals surface area contributed by atoms with Crippen molar-refractivity contribution in [3.63, 3.8) is 0 Å². The molecule has 1 aliphatic heterocycles. The molecular formula is C11H12F3NO2S. The average Bonchev–Trinajstić information content (AvgIpc) is 2.24. The molecule has 0 atom stereocenters. The maximum atomic E-state index is 13.1. The van der Waals surface area contributed by atoms with Crippen molar-refractivity contribution in [1.29, 1.82) is 0 Å². The molecule has 0 aliphatic carbocycles. The first kappa shape index (κ1) is 13.4. The zero-order valence-electron chi connectivity index (χ0n) is 9.63. The van der Waals surface area contributed by atoms with Crippen LogP contribution in [0.15, 0.2) is 17.0 Å². The van der Waals surface area contributed by atoms with Crippen LogP contribution in [0.1, 0.15) is 16.7 Å². The van der Waals surface area contributed by atoms with Crippen LogP contribution in [-0.2, 0) is 29.0 Å². The highest BCUT2D eigenvalue weighted by atomic mass is 32.2. The lowest BCUT2D eigenvalue weighted by molar-refractivity contribution is -0.140. The molecule has 0 unspecified atom stereocenters. The zero-order valence-corrected chi connectivity index (χ0v) is 10.5. The Labute approximate surface area is 103 Å². The van der Waals surface area contributed by atoms with Crippen LogP contribution in [0.2, 0.25) is 0 Å². The number of alkyl halides is 3. The van der Waals surface area contributed by atoms with Gasteiger partial charge in [-0.1, -0.05) is 6.07 Å². The lowest BCUT2D eigenvalue weighted by Crippen LogP contribution is -2.28. The second kappa shape index (κ2) is 4.24. The van der Waals surface area contributed by atoms with Gasteiger partial charge >= 0.3 is 6.18 Å². The number of benzene rings is 1. The van der Waals surface area contributed by atoms with Gasteiger partial charge in [-0.3, -0.25) is 0 Å². The van der Waals surface area contributed by atoms with Gasteiger partial charge in [-0.15, -0.1) is 0 Å². The molecule has 2 rings (SSSR count). The van der Waals surface area contributed by atoms with Crippen LogP contribution in [0.5, 0.6) is 0 Å². The van der Waals surface area contributed by atoms with E-state index in [0.29, 0.717) is 18.5 Å². The fourth-order valence-corrected chi connectivity index (χ4v) is 3.09. The van der Waals surface area contributed by atoms with Crippen LogP contribution in [0.4, 0.5) is 13.2 Å². The van der Waals surface area contributed by atoms with Crippen molar-refractivity contribution in [2.45, 2.75) is 24.0 Å². The predicted octanol–water partition coefficient (Wildman–Crippen LogP) is 1.75. The highest BCUT2D eigenvalue weighted by molar-refractivity contribution is 7.90. The molecule has 3 nitrogen and oxygen atoms in total. The molecule has 1 aliphatic rings. The van der Waals surface area contributed by atoms with E-state index in [9.17, 15) is 21.6 Å².